The van der Waals surface area contributed by atoms with E-state index in [9.17, 15) is 4.79 Å². The van der Waals surface area contributed by atoms with Gasteiger partial charge in [0.25, 0.3) is 5.91 Å². The van der Waals surface area contributed by atoms with E-state index in [0.29, 0.717) is 33.8 Å². The molecule has 8 heteroatoms. The zero-order chi connectivity index (χ0) is 21.1. The largest absolute Gasteiger partial charge is 0.497 e. The number of carbonyl (C=O) groups excluding carboxylic acids is 1. The summed E-state index contributed by atoms with van der Waals surface area (Å²) in [5, 5.41) is 11.9. The summed E-state index contributed by atoms with van der Waals surface area (Å²) in [6.45, 7) is 0. The molecule has 0 spiro atoms. The summed E-state index contributed by atoms with van der Waals surface area (Å²) in [6, 6.07) is 17.8. The SMILES string of the molecule is COc1ccc(-n2nc3ccc(NC(=O)c4cc(OC)cc(OC)c4)cc3n2)cc1. The lowest BCUT2D eigenvalue weighted by atomic mass is 10.1. The molecule has 8 nitrogen and oxygen atoms in total. The molecular weight excluding hydrogens is 384 g/mol. The van der Waals surface area contributed by atoms with Crippen LogP contribution in [0.4, 0.5) is 5.69 Å². The molecule has 0 unspecified atom stereocenters. The Morgan fingerprint density at radius 1 is 0.767 bits per heavy atom. The van der Waals surface area contributed by atoms with Crippen molar-refractivity contribution in [2.24, 2.45) is 0 Å². The van der Waals surface area contributed by atoms with Gasteiger partial charge in [-0.15, -0.1) is 10.2 Å². The van der Waals surface area contributed by atoms with Crippen molar-refractivity contribution >= 4 is 22.6 Å². The lowest BCUT2D eigenvalue weighted by molar-refractivity contribution is 0.102. The summed E-state index contributed by atoms with van der Waals surface area (Å²) in [5.74, 6) is 1.55. The van der Waals surface area contributed by atoms with E-state index in [0.717, 1.165) is 11.4 Å². The van der Waals surface area contributed by atoms with Gasteiger partial charge in [-0.1, -0.05) is 0 Å². The summed E-state index contributed by atoms with van der Waals surface area (Å²) in [4.78, 5) is 14.2. The fourth-order valence-corrected chi connectivity index (χ4v) is 2.97. The number of fused-ring (bicyclic) bond motifs is 1. The number of nitrogens with one attached hydrogen (secondary N) is 1. The van der Waals surface area contributed by atoms with Crippen LogP contribution in [0.15, 0.2) is 60.7 Å². The van der Waals surface area contributed by atoms with E-state index in [1.807, 2.05) is 30.3 Å². The first-order valence-electron chi connectivity index (χ1n) is 9.15. The monoisotopic (exact) mass is 404 g/mol. The lowest BCUT2D eigenvalue weighted by Gasteiger charge is -2.09. The van der Waals surface area contributed by atoms with Gasteiger partial charge in [0.05, 0.1) is 27.0 Å². The Hall–Kier alpha value is -4.07. The van der Waals surface area contributed by atoms with Crippen LogP contribution in [0.1, 0.15) is 10.4 Å². The summed E-state index contributed by atoms with van der Waals surface area (Å²) in [7, 11) is 4.69. The molecule has 0 aliphatic rings. The third-order valence-electron chi connectivity index (χ3n) is 4.56. The van der Waals surface area contributed by atoms with Gasteiger partial charge in [-0.2, -0.15) is 4.80 Å². The maximum absolute atomic E-state index is 12.7. The van der Waals surface area contributed by atoms with E-state index in [4.69, 9.17) is 14.2 Å². The van der Waals surface area contributed by atoms with Gasteiger partial charge in [-0.25, -0.2) is 0 Å². The highest BCUT2D eigenvalue weighted by molar-refractivity contribution is 6.05. The number of hydrogen-bond donors (Lipinski definition) is 1. The zero-order valence-corrected chi connectivity index (χ0v) is 16.7. The maximum Gasteiger partial charge on any atom is 0.255 e. The molecule has 1 N–H and O–H groups in total. The number of anilines is 1. The van der Waals surface area contributed by atoms with Gasteiger partial charge in [0, 0.05) is 17.3 Å². The smallest absolute Gasteiger partial charge is 0.255 e. The van der Waals surface area contributed by atoms with Crippen LogP contribution in [0, 0.1) is 0 Å². The second-order valence-electron chi connectivity index (χ2n) is 6.45. The Morgan fingerprint density at radius 3 is 2.03 bits per heavy atom. The number of amides is 1. The molecular formula is C22H20N4O4. The fraction of sp³-hybridized carbons (Fsp3) is 0.136. The van der Waals surface area contributed by atoms with Crippen molar-refractivity contribution in [3.8, 4) is 22.9 Å². The molecule has 1 amide bonds. The number of methoxy groups -OCH3 is 3. The molecule has 3 aromatic carbocycles. The Labute approximate surface area is 173 Å². The third kappa shape index (κ3) is 3.88. The van der Waals surface area contributed by atoms with Gasteiger partial charge in [-0.3, -0.25) is 4.79 Å². The van der Waals surface area contributed by atoms with Crippen LogP contribution in [-0.2, 0) is 0 Å². The molecule has 152 valence electrons. The standard InChI is InChI=1S/C22H20N4O4/c1-28-17-7-5-16(6-8-17)26-24-20-9-4-15(12-21(20)25-26)23-22(27)14-10-18(29-2)13-19(11-14)30-3/h4-13H,1-3H3,(H,23,27). The van der Waals surface area contributed by atoms with Crippen molar-refractivity contribution < 1.29 is 19.0 Å². The Balaban J connectivity index is 1.58. The van der Waals surface area contributed by atoms with Gasteiger partial charge < -0.3 is 19.5 Å². The summed E-state index contributed by atoms with van der Waals surface area (Å²) in [6.07, 6.45) is 0. The van der Waals surface area contributed by atoms with Crippen molar-refractivity contribution in [3.63, 3.8) is 0 Å². The van der Waals surface area contributed by atoms with Crippen molar-refractivity contribution in [3.05, 3.63) is 66.2 Å². The highest BCUT2D eigenvalue weighted by atomic mass is 16.5. The number of rotatable bonds is 6. The number of ether oxygens (including phenoxy) is 3. The Kier molecular flexibility index (Phi) is 5.21. The van der Waals surface area contributed by atoms with Gasteiger partial charge in [-0.05, 0) is 54.6 Å². The van der Waals surface area contributed by atoms with Crippen LogP contribution in [-0.4, -0.2) is 42.2 Å². The van der Waals surface area contributed by atoms with Gasteiger partial charge >= 0.3 is 0 Å². The molecule has 0 radical (unpaired) electrons. The van der Waals surface area contributed by atoms with Crippen molar-refractivity contribution in [2.75, 3.05) is 26.6 Å². The number of hydrogen-bond acceptors (Lipinski definition) is 6. The summed E-state index contributed by atoms with van der Waals surface area (Å²) < 4.78 is 15.6. The molecule has 30 heavy (non-hydrogen) atoms. The topological polar surface area (TPSA) is 87.5 Å². The highest BCUT2D eigenvalue weighted by Crippen LogP contribution is 2.24. The van der Waals surface area contributed by atoms with Crippen molar-refractivity contribution in [1.29, 1.82) is 0 Å². The lowest BCUT2D eigenvalue weighted by Crippen LogP contribution is -2.12. The van der Waals surface area contributed by atoms with E-state index in [2.05, 4.69) is 15.5 Å². The molecule has 1 heterocycles. The number of benzene rings is 3. The van der Waals surface area contributed by atoms with Crippen LogP contribution >= 0.6 is 0 Å². The average Bonchev–Trinajstić information content (AvgIpc) is 3.22. The molecule has 1 aromatic heterocycles. The van der Waals surface area contributed by atoms with E-state index >= 15 is 0 Å². The average molecular weight is 404 g/mol. The van der Waals surface area contributed by atoms with Crippen LogP contribution in [0.3, 0.4) is 0 Å². The number of aromatic nitrogens is 3. The Bertz CT molecular complexity index is 1180. The first kappa shape index (κ1) is 19.3. The van der Waals surface area contributed by atoms with Gasteiger partial charge in [0.2, 0.25) is 0 Å². The predicted molar refractivity (Wildman–Crippen MR) is 113 cm³/mol. The highest BCUT2D eigenvalue weighted by Gasteiger charge is 2.12. The third-order valence-corrected chi connectivity index (χ3v) is 4.56. The summed E-state index contributed by atoms with van der Waals surface area (Å²) in [5.41, 5.74) is 3.21. The van der Waals surface area contributed by atoms with Crippen molar-refractivity contribution in [1.82, 2.24) is 15.0 Å². The van der Waals surface area contributed by atoms with Crippen LogP contribution in [0.25, 0.3) is 16.7 Å². The first-order chi connectivity index (χ1) is 14.6. The minimum Gasteiger partial charge on any atom is -0.497 e. The molecule has 0 fully saturated rings. The van der Waals surface area contributed by atoms with Crippen LogP contribution in [0.2, 0.25) is 0 Å². The number of nitrogens with zero attached hydrogens (tertiary/aromatic N) is 3. The molecule has 0 saturated carbocycles. The van der Waals surface area contributed by atoms with Crippen molar-refractivity contribution in [2.45, 2.75) is 0 Å². The molecule has 0 bridgehead atoms. The normalized spacial score (nSPS) is 10.6. The zero-order valence-electron chi connectivity index (χ0n) is 16.7. The van der Waals surface area contributed by atoms with Gasteiger partial charge in [0.1, 0.15) is 28.3 Å². The second-order valence-corrected chi connectivity index (χ2v) is 6.45. The first-order valence-corrected chi connectivity index (χ1v) is 9.15. The minimum absolute atomic E-state index is 0.283. The van der Waals surface area contributed by atoms with Gasteiger partial charge in [0.15, 0.2) is 0 Å². The minimum atomic E-state index is -0.283. The van der Waals surface area contributed by atoms with E-state index in [1.165, 1.54) is 14.2 Å². The van der Waals surface area contributed by atoms with Crippen LogP contribution < -0.4 is 19.5 Å². The predicted octanol–water partition coefficient (Wildman–Crippen LogP) is 3.70. The molecule has 0 aliphatic heterocycles. The fourth-order valence-electron chi connectivity index (χ4n) is 2.97. The molecule has 0 atom stereocenters. The Morgan fingerprint density at radius 2 is 1.40 bits per heavy atom. The molecule has 4 rings (SSSR count). The molecule has 0 saturated heterocycles. The van der Waals surface area contributed by atoms with E-state index in [-0.39, 0.29) is 5.91 Å². The van der Waals surface area contributed by atoms with Crippen LogP contribution in [0.5, 0.6) is 17.2 Å². The number of carbonyl (C=O) groups is 1. The van der Waals surface area contributed by atoms with E-state index < -0.39 is 0 Å². The maximum atomic E-state index is 12.7. The molecule has 0 aliphatic carbocycles. The second kappa shape index (κ2) is 8.12. The van der Waals surface area contributed by atoms with E-state index in [1.54, 1.807) is 42.2 Å². The quantitative estimate of drug-likeness (QED) is 0.527. The molecule has 4 aromatic rings. The summed E-state index contributed by atoms with van der Waals surface area (Å²) >= 11 is 0.